The molecule has 1 aliphatic carbocycles. The molecule has 0 aliphatic heterocycles. The monoisotopic (exact) mass is 494 g/mol. The summed E-state index contributed by atoms with van der Waals surface area (Å²) in [5.41, 5.74) is 1.43. The third kappa shape index (κ3) is 13.8. The fraction of sp³-hybridized carbons (Fsp3) is 0.625. The van der Waals surface area contributed by atoms with Crippen LogP contribution in [0.4, 0.5) is 13.2 Å². The van der Waals surface area contributed by atoms with Gasteiger partial charge in [0.05, 0.1) is 5.56 Å². The molecule has 2 aromatic rings. The minimum Gasteiger partial charge on any atom is -0.166 e. The smallest absolute Gasteiger partial charge is 0.166 e. The fourth-order valence-corrected chi connectivity index (χ4v) is 4.52. The Kier molecular flexibility index (Phi) is 20.7. The van der Waals surface area contributed by atoms with Crippen molar-refractivity contribution in [3.05, 3.63) is 71.3 Å². The van der Waals surface area contributed by atoms with E-state index >= 15 is 0 Å². The van der Waals surface area contributed by atoms with Gasteiger partial charge in [0.1, 0.15) is 0 Å². The van der Waals surface area contributed by atoms with Gasteiger partial charge in [-0.1, -0.05) is 130 Å². The normalized spacial score (nSPS) is 18.9. The van der Waals surface area contributed by atoms with E-state index in [-0.39, 0.29) is 13.3 Å². The maximum atomic E-state index is 13.0. The molecule has 3 rings (SSSR count). The lowest BCUT2D eigenvalue weighted by molar-refractivity contribution is -0.137. The van der Waals surface area contributed by atoms with Crippen LogP contribution in [0.3, 0.4) is 0 Å². The first-order valence-electron chi connectivity index (χ1n) is 13.5. The van der Waals surface area contributed by atoms with Crippen LogP contribution in [-0.4, -0.2) is 0 Å². The topological polar surface area (TPSA) is 0 Å². The van der Waals surface area contributed by atoms with Gasteiger partial charge in [-0.05, 0) is 60.8 Å². The quantitative estimate of drug-likeness (QED) is 0.388. The zero-order valence-electron chi connectivity index (χ0n) is 22.7. The summed E-state index contributed by atoms with van der Waals surface area (Å²) in [4.78, 5) is 0. The largest absolute Gasteiger partial charge is 0.416 e. The van der Waals surface area contributed by atoms with E-state index in [1.165, 1.54) is 37.8 Å². The summed E-state index contributed by atoms with van der Waals surface area (Å²) < 4.78 is 39.0. The van der Waals surface area contributed by atoms with Crippen LogP contribution in [0.25, 0.3) is 0 Å². The second-order valence-electron chi connectivity index (χ2n) is 8.94. The highest BCUT2D eigenvalue weighted by molar-refractivity contribution is 5.36. The van der Waals surface area contributed by atoms with Crippen molar-refractivity contribution in [1.29, 1.82) is 0 Å². The van der Waals surface area contributed by atoms with E-state index in [1.54, 1.807) is 6.07 Å². The summed E-state index contributed by atoms with van der Waals surface area (Å²) in [6.07, 6.45) is 5.42. The Labute approximate surface area is 215 Å². The molecule has 35 heavy (non-hydrogen) atoms. The van der Waals surface area contributed by atoms with Crippen LogP contribution >= 0.6 is 0 Å². The van der Waals surface area contributed by atoms with Crippen molar-refractivity contribution in [1.82, 2.24) is 0 Å². The SMILES string of the molecule is C.CC.CCC1CCC(CC)C(c2cc(C(F)(F)F)ccc2C)C1.CCCCC.c1ccccc1. The van der Waals surface area contributed by atoms with Crippen LogP contribution in [0.15, 0.2) is 54.6 Å². The van der Waals surface area contributed by atoms with Crippen molar-refractivity contribution in [2.45, 2.75) is 119 Å². The van der Waals surface area contributed by atoms with Gasteiger partial charge >= 0.3 is 6.18 Å². The minimum atomic E-state index is -4.25. The third-order valence-electron chi connectivity index (χ3n) is 6.58. The minimum absolute atomic E-state index is 0. The predicted octanol–water partition coefficient (Wildman–Crippen LogP) is 11.9. The maximum absolute atomic E-state index is 13.0. The van der Waals surface area contributed by atoms with E-state index in [0.29, 0.717) is 11.8 Å². The van der Waals surface area contributed by atoms with Crippen LogP contribution in [0, 0.1) is 18.8 Å². The summed E-state index contributed by atoms with van der Waals surface area (Å²) in [6.45, 7) is 14.7. The van der Waals surface area contributed by atoms with E-state index < -0.39 is 11.7 Å². The Bertz CT molecular complexity index is 693. The Morgan fingerprint density at radius 1 is 0.800 bits per heavy atom. The number of aryl methyl sites for hydroxylation is 1. The molecule has 0 N–H and O–H groups in total. The number of alkyl halides is 3. The molecule has 3 heteroatoms. The van der Waals surface area contributed by atoms with Crippen molar-refractivity contribution in [2.75, 3.05) is 0 Å². The average molecular weight is 495 g/mol. The average Bonchev–Trinajstić information content (AvgIpc) is 2.87. The molecule has 2 aromatic carbocycles. The summed E-state index contributed by atoms with van der Waals surface area (Å²) >= 11 is 0. The highest BCUT2D eigenvalue weighted by atomic mass is 19.4. The number of hydrogen-bond acceptors (Lipinski definition) is 0. The van der Waals surface area contributed by atoms with Crippen molar-refractivity contribution in [3.63, 3.8) is 0 Å². The summed E-state index contributed by atoms with van der Waals surface area (Å²) in [5.74, 6) is 1.47. The van der Waals surface area contributed by atoms with E-state index in [1.807, 2.05) is 57.2 Å². The number of rotatable bonds is 5. The molecule has 1 aliphatic rings. The second kappa shape index (κ2) is 20.4. The van der Waals surface area contributed by atoms with Gasteiger partial charge in [-0.3, -0.25) is 0 Å². The molecule has 0 saturated heterocycles. The molecule has 1 saturated carbocycles. The van der Waals surface area contributed by atoms with E-state index in [4.69, 9.17) is 0 Å². The molecule has 3 unspecified atom stereocenters. The fourth-order valence-electron chi connectivity index (χ4n) is 4.52. The van der Waals surface area contributed by atoms with E-state index in [9.17, 15) is 13.2 Å². The number of unbranched alkanes of at least 4 members (excludes halogenated alkanes) is 2. The molecular weight excluding hydrogens is 441 g/mol. The van der Waals surface area contributed by atoms with Gasteiger partial charge in [-0.2, -0.15) is 13.2 Å². The van der Waals surface area contributed by atoms with Gasteiger partial charge < -0.3 is 0 Å². The first-order chi connectivity index (χ1) is 16.3. The standard InChI is InChI=1S/C18H25F3.C6H6.C5H12.C2H6.CH4/c1-4-13-7-8-14(5-2)17(10-13)16-11-15(18(19,20)21)9-6-12(16)3;1-2-4-6-5-3-1;1-3-5-4-2;1-2;/h6,9,11,13-14,17H,4-5,7-8,10H2,1-3H3;1-6H;3-5H2,1-2H3;1-2H3;1H4. The lowest BCUT2D eigenvalue weighted by Crippen LogP contribution is -2.24. The molecule has 3 atom stereocenters. The summed E-state index contributed by atoms with van der Waals surface area (Å²) in [7, 11) is 0. The van der Waals surface area contributed by atoms with Gasteiger partial charge in [0.2, 0.25) is 0 Å². The Morgan fingerprint density at radius 3 is 1.69 bits per heavy atom. The molecule has 202 valence electrons. The van der Waals surface area contributed by atoms with Crippen LogP contribution in [-0.2, 0) is 6.18 Å². The zero-order chi connectivity index (χ0) is 26.0. The van der Waals surface area contributed by atoms with Crippen LogP contribution < -0.4 is 0 Å². The molecule has 0 amide bonds. The van der Waals surface area contributed by atoms with Crippen molar-refractivity contribution in [3.8, 4) is 0 Å². The number of hydrogen-bond donors (Lipinski definition) is 0. The van der Waals surface area contributed by atoms with Crippen molar-refractivity contribution >= 4 is 0 Å². The first kappa shape index (κ1) is 35.4. The zero-order valence-corrected chi connectivity index (χ0v) is 22.7. The van der Waals surface area contributed by atoms with E-state index in [0.717, 1.165) is 36.8 Å². The van der Waals surface area contributed by atoms with Gasteiger partial charge in [-0.15, -0.1) is 0 Å². The van der Waals surface area contributed by atoms with E-state index in [2.05, 4.69) is 27.7 Å². The molecule has 1 fully saturated rings. The summed E-state index contributed by atoms with van der Waals surface area (Å²) in [5, 5.41) is 0. The lowest BCUT2D eigenvalue weighted by atomic mass is 9.68. The Hall–Kier alpha value is -1.77. The second-order valence-corrected chi connectivity index (χ2v) is 8.94. The van der Waals surface area contributed by atoms with Crippen LogP contribution in [0.1, 0.15) is 123 Å². The van der Waals surface area contributed by atoms with Crippen LogP contribution in [0.5, 0.6) is 0 Å². The Morgan fingerprint density at radius 2 is 1.31 bits per heavy atom. The Balaban J connectivity index is 0. The maximum Gasteiger partial charge on any atom is 0.416 e. The van der Waals surface area contributed by atoms with Gasteiger partial charge in [0.25, 0.3) is 0 Å². The van der Waals surface area contributed by atoms with Gasteiger partial charge in [0.15, 0.2) is 0 Å². The van der Waals surface area contributed by atoms with Crippen molar-refractivity contribution in [2.24, 2.45) is 11.8 Å². The third-order valence-corrected chi connectivity index (χ3v) is 6.58. The molecule has 0 spiro atoms. The highest BCUT2D eigenvalue weighted by Crippen LogP contribution is 2.45. The number of benzene rings is 2. The summed E-state index contributed by atoms with van der Waals surface area (Å²) in [6, 6.07) is 16.3. The molecule has 0 aromatic heterocycles. The highest BCUT2D eigenvalue weighted by Gasteiger charge is 2.34. The van der Waals surface area contributed by atoms with Gasteiger partial charge in [-0.25, -0.2) is 0 Å². The molecule has 0 radical (unpaired) electrons. The molecule has 0 nitrogen and oxygen atoms in total. The van der Waals surface area contributed by atoms with Gasteiger partial charge in [0, 0.05) is 0 Å². The number of halogens is 3. The lowest BCUT2D eigenvalue weighted by Gasteiger charge is -2.37. The molecular formula is C32H53F3. The van der Waals surface area contributed by atoms with Crippen LogP contribution in [0.2, 0.25) is 0 Å². The molecule has 0 heterocycles. The first-order valence-corrected chi connectivity index (χ1v) is 13.5. The van der Waals surface area contributed by atoms with Crippen molar-refractivity contribution < 1.29 is 13.2 Å². The predicted molar refractivity (Wildman–Crippen MR) is 150 cm³/mol. The molecule has 0 bridgehead atoms.